The second kappa shape index (κ2) is 8.41. The van der Waals surface area contributed by atoms with Gasteiger partial charge in [-0.3, -0.25) is 14.5 Å². The normalized spacial score (nSPS) is 24.8. The number of carbonyl (C=O) groups excluding carboxylic acids is 2. The summed E-state index contributed by atoms with van der Waals surface area (Å²) in [5, 5.41) is 16.0. The number of nitrogens with zero attached hydrogens (tertiary/aromatic N) is 2. The Kier molecular flexibility index (Phi) is 6.65. The Balaban J connectivity index is 0.000000423. The van der Waals surface area contributed by atoms with Gasteiger partial charge >= 0.3 is 24.3 Å². The first-order chi connectivity index (χ1) is 14.0. The first-order valence-electron chi connectivity index (χ1n) is 8.08. The number of carboxylic acid groups (broad SMARTS) is 2. The Labute approximate surface area is 173 Å². The lowest BCUT2D eigenvalue weighted by Crippen LogP contribution is -2.68. The number of nitrogens with two attached hydrogens (primary N) is 1. The van der Waals surface area contributed by atoms with E-state index in [4.69, 9.17) is 15.6 Å². The highest BCUT2D eigenvalue weighted by atomic mass is 32.2. The topological polar surface area (TPSA) is 141 Å². The van der Waals surface area contributed by atoms with Gasteiger partial charge in [-0.15, -0.1) is 11.8 Å². The van der Waals surface area contributed by atoms with Crippen LogP contribution in [0.25, 0.3) is 0 Å². The number of amides is 2. The third-order valence-electron chi connectivity index (χ3n) is 4.13. The van der Waals surface area contributed by atoms with Crippen molar-refractivity contribution in [3.8, 4) is 0 Å². The molecule has 0 unspecified atom stereocenters. The molecule has 4 N–H and O–H groups in total. The van der Waals surface area contributed by atoms with Crippen LogP contribution in [0.2, 0.25) is 0 Å². The van der Waals surface area contributed by atoms with E-state index >= 15 is 0 Å². The van der Waals surface area contributed by atoms with E-state index < -0.39 is 54.1 Å². The van der Waals surface area contributed by atoms with Gasteiger partial charge in [-0.25, -0.2) is 9.59 Å². The van der Waals surface area contributed by atoms with Crippen molar-refractivity contribution in [1.82, 2.24) is 9.80 Å². The number of likely N-dealkylation sites (tertiary alicyclic amines) is 1. The van der Waals surface area contributed by atoms with E-state index in [1.165, 1.54) is 17.8 Å². The second-order valence-electron chi connectivity index (χ2n) is 6.36. The molecular weight excluding hydrogens is 464 g/mol. The van der Waals surface area contributed by atoms with Crippen molar-refractivity contribution in [2.24, 2.45) is 5.73 Å². The van der Waals surface area contributed by atoms with Crippen LogP contribution >= 0.6 is 11.8 Å². The van der Waals surface area contributed by atoms with E-state index in [0.717, 1.165) is 4.90 Å². The summed E-state index contributed by atoms with van der Waals surface area (Å²) in [5.74, 6) is -5.21. The van der Waals surface area contributed by atoms with Crippen molar-refractivity contribution in [3.63, 3.8) is 0 Å². The molecule has 0 aromatic carbocycles. The van der Waals surface area contributed by atoms with Crippen LogP contribution in [0.15, 0.2) is 22.9 Å². The van der Waals surface area contributed by atoms with Gasteiger partial charge in [-0.2, -0.15) is 26.3 Å². The van der Waals surface area contributed by atoms with Crippen LogP contribution in [0, 0.1) is 0 Å². The molecule has 2 fully saturated rings. The maximum atomic E-state index is 12.3. The van der Waals surface area contributed by atoms with E-state index in [9.17, 15) is 45.8 Å². The van der Waals surface area contributed by atoms with E-state index in [-0.39, 0.29) is 29.1 Å². The number of halogens is 6. The zero-order valence-corrected chi connectivity index (χ0v) is 15.8. The quantitative estimate of drug-likeness (QED) is 0.304. The Morgan fingerprint density at radius 1 is 1.16 bits per heavy atom. The fraction of sp³-hybridized carbons (Fsp3) is 0.467. The third kappa shape index (κ3) is 5.30. The number of alkyl halides is 6. The van der Waals surface area contributed by atoms with Gasteiger partial charge in [0, 0.05) is 11.3 Å². The molecule has 0 radical (unpaired) electrons. The monoisotopic (exact) mass is 477 g/mol. The summed E-state index contributed by atoms with van der Waals surface area (Å²) in [6, 6.07) is -0.772. The van der Waals surface area contributed by atoms with Gasteiger partial charge in [0.15, 0.2) is 0 Å². The minimum atomic E-state index is -5.08. The molecule has 0 aromatic rings. The van der Waals surface area contributed by atoms with E-state index in [1.54, 1.807) is 0 Å². The number of β-lactam (4-membered cyclic amide) rings is 2. The van der Waals surface area contributed by atoms with Crippen LogP contribution in [0.1, 0.15) is 0 Å². The molecule has 3 heterocycles. The SMILES string of the molecule is N[C@@H]1C(=O)N2C(C(=O)O)=C(/C=C3/CN(CC(F)(F)F)C3=O)CS[C@H]12.O=C(O)C(F)(F)F. The number of aliphatic carboxylic acids is 2. The van der Waals surface area contributed by atoms with Gasteiger partial charge in [0.25, 0.3) is 5.91 Å². The molecule has 0 aliphatic carbocycles. The van der Waals surface area contributed by atoms with Crippen LogP contribution in [-0.4, -0.2) is 86.4 Å². The van der Waals surface area contributed by atoms with Gasteiger partial charge < -0.3 is 20.8 Å². The summed E-state index contributed by atoms with van der Waals surface area (Å²) in [6.07, 6.45) is -8.31. The Morgan fingerprint density at radius 3 is 2.13 bits per heavy atom. The minimum Gasteiger partial charge on any atom is -0.477 e. The van der Waals surface area contributed by atoms with Crippen molar-refractivity contribution in [1.29, 1.82) is 0 Å². The number of hydrogen-bond donors (Lipinski definition) is 3. The van der Waals surface area contributed by atoms with E-state index in [0.29, 0.717) is 4.90 Å². The number of hydrogen-bond acceptors (Lipinski definition) is 6. The number of carboxylic acids is 2. The number of thioether (sulfide) groups is 1. The van der Waals surface area contributed by atoms with Gasteiger partial charge in [0.2, 0.25) is 5.91 Å². The predicted octanol–water partition coefficient (Wildman–Crippen LogP) is 0.532. The lowest BCUT2D eigenvalue weighted by Gasteiger charge is -2.47. The zero-order valence-electron chi connectivity index (χ0n) is 15.0. The number of fused-ring (bicyclic) bond motifs is 1. The molecule has 0 saturated carbocycles. The summed E-state index contributed by atoms with van der Waals surface area (Å²) in [5.41, 5.74) is 5.66. The van der Waals surface area contributed by atoms with Crippen molar-refractivity contribution in [3.05, 3.63) is 22.9 Å². The highest BCUT2D eigenvalue weighted by Gasteiger charge is 2.51. The van der Waals surface area contributed by atoms with Gasteiger partial charge in [0.05, 0.1) is 6.54 Å². The first kappa shape index (κ1) is 24.5. The average Bonchev–Trinajstić information content (AvgIpc) is 2.64. The van der Waals surface area contributed by atoms with Gasteiger partial charge in [0.1, 0.15) is 23.7 Å². The van der Waals surface area contributed by atoms with Crippen LogP contribution in [-0.2, 0) is 19.2 Å². The van der Waals surface area contributed by atoms with E-state index in [2.05, 4.69) is 0 Å². The smallest absolute Gasteiger partial charge is 0.477 e. The molecule has 3 rings (SSSR count). The van der Waals surface area contributed by atoms with Crippen LogP contribution < -0.4 is 5.73 Å². The molecule has 0 spiro atoms. The Bertz CT molecular complexity index is 883. The standard InChI is InChI=1S/C13H12F3N3O4S.C2HF3O2/c14-13(15,16)4-18-2-5(9(18)20)1-6-3-24-11-7(17)10(21)19(11)8(6)12(22)23;3-2(4,5)1(6)7/h1,7,11H,2-4,17H2,(H,22,23);(H,6,7)/b5-1-;/t7-,11-;/m1./s1. The molecule has 172 valence electrons. The minimum absolute atomic E-state index is 0.0873. The molecule has 2 atom stereocenters. The largest absolute Gasteiger partial charge is 0.490 e. The number of carbonyl (C=O) groups is 4. The Hall–Kier alpha value is -2.75. The van der Waals surface area contributed by atoms with Gasteiger partial charge in [-0.05, 0) is 11.6 Å². The molecule has 0 aromatic heterocycles. The molecule has 2 saturated heterocycles. The molecule has 16 heteroatoms. The molecule has 2 amide bonds. The molecule has 9 nitrogen and oxygen atoms in total. The maximum Gasteiger partial charge on any atom is 0.490 e. The first-order valence-corrected chi connectivity index (χ1v) is 9.13. The predicted molar refractivity (Wildman–Crippen MR) is 90.1 cm³/mol. The molecule has 3 aliphatic rings. The van der Waals surface area contributed by atoms with Crippen molar-refractivity contribution < 1.29 is 55.7 Å². The maximum absolute atomic E-state index is 12.3. The highest BCUT2D eigenvalue weighted by Crippen LogP contribution is 2.40. The zero-order chi connectivity index (χ0) is 23.9. The lowest BCUT2D eigenvalue weighted by molar-refractivity contribution is -0.192. The molecule has 3 aliphatic heterocycles. The summed E-state index contributed by atoms with van der Waals surface area (Å²) < 4.78 is 68.6. The third-order valence-corrected chi connectivity index (χ3v) is 5.45. The van der Waals surface area contributed by atoms with Crippen LogP contribution in [0.4, 0.5) is 26.3 Å². The fourth-order valence-corrected chi connectivity index (χ4v) is 4.02. The highest BCUT2D eigenvalue weighted by molar-refractivity contribution is 8.00. The molecule has 0 bridgehead atoms. The average molecular weight is 477 g/mol. The fourth-order valence-electron chi connectivity index (χ4n) is 2.77. The second-order valence-corrected chi connectivity index (χ2v) is 7.47. The van der Waals surface area contributed by atoms with Crippen molar-refractivity contribution in [2.75, 3.05) is 18.8 Å². The lowest BCUT2D eigenvalue weighted by atomic mass is 9.99. The van der Waals surface area contributed by atoms with Crippen LogP contribution in [0.3, 0.4) is 0 Å². The Morgan fingerprint density at radius 2 is 1.71 bits per heavy atom. The number of allylic oxidation sites excluding steroid dienone is 1. The molecule has 31 heavy (non-hydrogen) atoms. The van der Waals surface area contributed by atoms with E-state index in [1.807, 2.05) is 0 Å². The van der Waals surface area contributed by atoms with Crippen molar-refractivity contribution in [2.45, 2.75) is 23.8 Å². The number of rotatable bonds is 3. The molecular formula is C15H13F6N3O6S. The van der Waals surface area contributed by atoms with Crippen molar-refractivity contribution >= 4 is 35.5 Å². The summed E-state index contributed by atoms with van der Waals surface area (Å²) in [7, 11) is 0. The summed E-state index contributed by atoms with van der Waals surface area (Å²) >= 11 is 1.25. The summed E-state index contributed by atoms with van der Waals surface area (Å²) in [6.45, 7) is -1.55. The van der Waals surface area contributed by atoms with Gasteiger partial charge in [-0.1, -0.05) is 0 Å². The van der Waals surface area contributed by atoms with Crippen LogP contribution in [0.5, 0.6) is 0 Å². The summed E-state index contributed by atoms with van der Waals surface area (Å²) in [4.78, 5) is 45.5.